The first kappa shape index (κ1) is 18.1. The van der Waals surface area contributed by atoms with E-state index in [-0.39, 0.29) is 6.61 Å². The van der Waals surface area contributed by atoms with Gasteiger partial charge in [-0.05, 0) is 31.4 Å². The number of aryl methyl sites for hydroxylation is 2. The highest BCUT2D eigenvalue weighted by molar-refractivity contribution is 5.25. The van der Waals surface area contributed by atoms with Crippen LogP contribution in [0, 0.1) is 6.92 Å². The molecule has 2 heterocycles. The number of hydrogen-bond donors (Lipinski definition) is 1. The molecule has 2 aromatic rings. The number of hydrogen-bond acceptors (Lipinski definition) is 4. The van der Waals surface area contributed by atoms with Crippen LogP contribution in [0.15, 0.2) is 36.7 Å². The second kappa shape index (κ2) is 8.61. The highest BCUT2D eigenvalue weighted by atomic mass is 16.3. The van der Waals surface area contributed by atoms with Crippen molar-refractivity contribution in [1.82, 2.24) is 19.6 Å². The fourth-order valence-electron chi connectivity index (χ4n) is 3.66. The van der Waals surface area contributed by atoms with E-state index in [1.54, 1.807) is 0 Å². The van der Waals surface area contributed by atoms with E-state index in [9.17, 15) is 5.11 Å². The quantitative estimate of drug-likeness (QED) is 0.838. The SMILES string of the molecule is CCn1cc(CN2CCN(Cc3ccccc3C)C(CCO)C2)cn1. The smallest absolute Gasteiger partial charge is 0.0534 e. The lowest BCUT2D eigenvalue weighted by Crippen LogP contribution is -2.52. The zero-order valence-corrected chi connectivity index (χ0v) is 15.4. The van der Waals surface area contributed by atoms with Crippen molar-refractivity contribution in [2.75, 3.05) is 26.2 Å². The van der Waals surface area contributed by atoms with Crippen LogP contribution in [0.2, 0.25) is 0 Å². The van der Waals surface area contributed by atoms with Gasteiger partial charge < -0.3 is 5.11 Å². The van der Waals surface area contributed by atoms with Crippen LogP contribution in [0.3, 0.4) is 0 Å². The van der Waals surface area contributed by atoms with Gasteiger partial charge in [0.05, 0.1) is 6.20 Å². The van der Waals surface area contributed by atoms with Gasteiger partial charge >= 0.3 is 0 Å². The van der Waals surface area contributed by atoms with Gasteiger partial charge in [-0.2, -0.15) is 5.10 Å². The Morgan fingerprint density at radius 2 is 2.04 bits per heavy atom. The molecule has 1 fully saturated rings. The second-order valence-electron chi connectivity index (χ2n) is 7.00. The molecule has 0 amide bonds. The lowest BCUT2D eigenvalue weighted by molar-refractivity contribution is 0.0498. The standard InChI is InChI=1S/C20H30N4O/c1-3-24-14-18(12-21-24)13-22-9-10-23(20(16-22)8-11-25)15-19-7-5-4-6-17(19)2/h4-7,12,14,20,25H,3,8-11,13,15-16H2,1-2H3. The van der Waals surface area contributed by atoms with E-state index in [1.165, 1.54) is 16.7 Å². The minimum absolute atomic E-state index is 0.247. The minimum Gasteiger partial charge on any atom is -0.396 e. The summed E-state index contributed by atoms with van der Waals surface area (Å²) in [5.41, 5.74) is 4.01. The molecule has 0 saturated carbocycles. The van der Waals surface area contributed by atoms with Crippen molar-refractivity contribution in [3.8, 4) is 0 Å². The van der Waals surface area contributed by atoms with Gasteiger partial charge in [-0.15, -0.1) is 0 Å². The third-order valence-electron chi connectivity index (χ3n) is 5.20. The molecule has 1 N–H and O–H groups in total. The van der Waals surface area contributed by atoms with E-state index in [1.807, 2.05) is 10.9 Å². The Morgan fingerprint density at radius 3 is 2.76 bits per heavy atom. The molecule has 136 valence electrons. The molecule has 25 heavy (non-hydrogen) atoms. The van der Waals surface area contributed by atoms with Crippen LogP contribution in [0.4, 0.5) is 0 Å². The molecule has 1 aliphatic heterocycles. The molecular weight excluding hydrogens is 312 g/mol. The minimum atomic E-state index is 0.247. The Hall–Kier alpha value is -1.69. The van der Waals surface area contributed by atoms with Crippen LogP contribution in [0.1, 0.15) is 30.0 Å². The van der Waals surface area contributed by atoms with Gasteiger partial charge in [0, 0.05) is 63.7 Å². The molecule has 1 aromatic carbocycles. The van der Waals surface area contributed by atoms with E-state index in [4.69, 9.17) is 0 Å². The molecule has 1 unspecified atom stereocenters. The van der Waals surface area contributed by atoms with Crippen LogP contribution in [-0.2, 0) is 19.6 Å². The number of aliphatic hydroxyl groups excluding tert-OH is 1. The number of nitrogens with zero attached hydrogens (tertiary/aromatic N) is 4. The van der Waals surface area contributed by atoms with E-state index < -0.39 is 0 Å². The van der Waals surface area contributed by atoms with E-state index in [0.29, 0.717) is 6.04 Å². The summed E-state index contributed by atoms with van der Waals surface area (Å²) in [4.78, 5) is 5.02. The molecular formula is C20H30N4O. The first-order chi connectivity index (χ1) is 12.2. The molecule has 5 heteroatoms. The average Bonchev–Trinajstić information content (AvgIpc) is 3.07. The first-order valence-corrected chi connectivity index (χ1v) is 9.32. The van der Waals surface area contributed by atoms with Crippen molar-refractivity contribution < 1.29 is 5.11 Å². The third-order valence-corrected chi connectivity index (χ3v) is 5.20. The molecule has 1 aromatic heterocycles. The lowest BCUT2D eigenvalue weighted by atomic mass is 10.0. The van der Waals surface area contributed by atoms with Gasteiger partial charge in [-0.1, -0.05) is 24.3 Å². The van der Waals surface area contributed by atoms with Gasteiger partial charge in [0.1, 0.15) is 0 Å². The highest BCUT2D eigenvalue weighted by Crippen LogP contribution is 2.19. The van der Waals surface area contributed by atoms with Crippen molar-refractivity contribution in [2.24, 2.45) is 0 Å². The monoisotopic (exact) mass is 342 g/mol. The van der Waals surface area contributed by atoms with E-state index >= 15 is 0 Å². The third kappa shape index (κ3) is 4.69. The summed E-state index contributed by atoms with van der Waals surface area (Å²) in [6.07, 6.45) is 4.95. The highest BCUT2D eigenvalue weighted by Gasteiger charge is 2.27. The van der Waals surface area contributed by atoms with E-state index in [2.05, 4.69) is 59.2 Å². The van der Waals surface area contributed by atoms with Crippen LogP contribution in [-0.4, -0.2) is 57.0 Å². The largest absolute Gasteiger partial charge is 0.396 e. The van der Waals surface area contributed by atoms with E-state index in [0.717, 1.165) is 45.7 Å². The van der Waals surface area contributed by atoms with Gasteiger partial charge in [-0.3, -0.25) is 14.5 Å². The zero-order chi connectivity index (χ0) is 17.6. The number of piperazine rings is 1. The van der Waals surface area contributed by atoms with Gasteiger partial charge in [0.25, 0.3) is 0 Å². The molecule has 0 bridgehead atoms. The summed E-state index contributed by atoms with van der Waals surface area (Å²) in [7, 11) is 0. The van der Waals surface area contributed by atoms with Crippen molar-refractivity contribution in [2.45, 2.75) is 45.9 Å². The van der Waals surface area contributed by atoms with Crippen LogP contribution in [0.25, 0.3) is 0 Å². The Balaban J connectivity index is 1.62. The summed E-state index contributed by atoms with van der Waals surface area (Å²) in [5, 5.41) is 13.9. The van der Waals surface area contributed by atoms with Crippen LogP contribution in [0.5, 0.6) is 0 Å². The summed E-state index contributed by atoms with van der Waals surface area (Å²) in [5.74, 6) is 0. The second-order valence-corrected chi connectivity index (χ2v) is 7.00. The fraction of sp³-hybridized carbons (Fsp3) is 0.550. The maximum atomic E-state index is 9.51. The normalized spacial score (nSPS) is 19.4. The summed E-state index contributed by atoms with van der Waals surface area (Å²) < 4.78 is 1.98. The fourth-order valence-corrected chi connectivity index (χ4v) is 3.66. The number of aliphatic hydroxyl groups is 1. The summed E-state index contributed by atoms with van der Waals surface area (Å²) in [6, 6.07) is 9.01. The molecule has 1 saturated heterocycles. The molecule has 0 spiro atoms. The molecule has 3 rings (SSSR count). The number of rotatable bonds is 7. The Labute approximate surface area is 150 Å². The molecule has 5 nitrogen and oxygen atoms in total. The number of benzene rings is 1. The Bertz CT molecular complexity index is 669. The molecule has 1 atom stereocenters. The van der Waals surface area contributed by atoms with Gasteiger partial charge in [-0.25, -0.2) is 0 Å². The average molecular weight is 342 g/mol. The van der Waals surface area contributed by atoms with Crippen LogP contribution < -0.4 is 0 Å². The molecule has 0 aliphatic carbocycles. The van der Waals surface area contributed by atoms with Crippen molar-refractivity contribution in [3.63, 3.8) is 0 Å². The Kier molecular flexibility index (Phi) is 6.24. The number of aromatic nitrogens is 2. The van der Waals surface area contributed by atoms with Gasteiger partial charge in [0.15, 0.2) is 0 Å². The summed E-state index contributed by atoms with van der Waals surface area (Å²) in [6.45, 7) is 10.5. The van der Waals surface area contributed by atoms with Crippen molar-refractivity contribution in [1.29, 1.82) is 0 Å². The van der Waals surface area contributed by atoms with Crippen molar-refractivity contribution in [3.05, 3.63) is 53.3 Å². The topological polar surface area (TPSA) is 44.5 Å². The maximum Gasteiger partial charge on any atom is 0.0534 e. The van der Waals surface area contributed by atoms with Crippen molar-refractivity contribution >= 4 is 0 Å². The first-order valence-electron chi connectivity index (χ1n) is 9.32. The van der Waals surface area contributed by atoms with Gasteiger partial charge in [0.2, 0.25) is 0 Å². The summed E-state index contributed by atoms with van der Waals surface area (Å²) >= 11 is 0. The molecule has 0 radical (unpaired) electrons. The zero-order valence-electron chi connectivity index (χ0n) is 15.4. The predicted molar refractivity (Wildman–Crippen MR) is 100 cm³/mol. The Morgan fingerprint density at radius 1 is 1.20 bits per heavy atom. The molecule has 1 aliphatic rings. The lowest BCUT2D eigenvalue weighted by Gasteiger charge is -2.41. The maximum absolute atomic E-state index is 9.51. The van der Waals surface area contributed by atoms with Crippen LogP contribution >= 0.6 is 0 Å². The predicted octanol–water partition coefficient (Wildman–Crippen LogP) is 2.28.